The molecule has 0 bridgehead atoms. The normalized spacial score (nSPS) is 14.8. The van der Waals surface area contributed by atoms with Crippen molar-refractivity contribution in [2.24, 2.45) is 0 Å². The number of hydrogen-bond donors (Lipinski definition) is 1. The first-order valence-corrected chi connectivity index (χ1v) is 6.96. The Kier molecular flexibility index (Phi) is 2.47. The highest BCUT2D eigenvalue weighted by atomic mass is 35.5. The Balaban J connectivity index is 1.83. The topological polar surface area (TPSA) is 56.7 Å². The van der Waals surface area contributed by atoms with Gasteiger partial charge in [-0.05, 0) is 30.0 Å². The van der Waals surface area contributed by atoms with Crippen LogP contribution in [0.4, 0.5) is 5.95 Å². The average Bonchev–Trinajstić information content (AvgIpc) is 2.97. The van der Waals surface area contributed by atoms with Crippen LogP contribution in [0.3, 0.4) is 0 Å². The standard InChI is InChI=1S/C15H13ClN4/c16-11-7-13-14(18-8-11)20(15(17)19-13)12-5-9-3-1-2-4-10(9)6-12/h1-4,7-8,12H,5-6H2,(H2,17,19). The number of anilines is 1. The molecular weight excluding hydrogens is 272 g/mol. The zero-order valence-corrected chi connectivity index (χ0v) is 11.5. The number of pyridine rings is 1. The maximum Gasteiger partial charge on any atom is 0.202 e. The third-order valence-corrected chi connectivity index (χ3v) is 4.13. The van der Waals surface area contributed by atoms with Gasteiger partial charge in [-0.25, -0.2) is 9.97 Å². The summed E-state index contributed by atoms with van der Waals surface area (Å²) in [6.07, 6.45) is 3.58. The van der Waals surface area contributed by atoms with E-state index in [-0.39, 0.29) is 6.04 Å². The van der Waals surface area contributed by atoms with Crippen LogP contribution >= 0.6 is 11.6 Å². The molecule has 0 spiro atoms. The first-order valence-electron chi connectivity index (χ1n) is 6.58. The summed E-state index contributed by atoms with van der Waals surface area (Å²) < 4.78 is 2.03. The summed E-state index contributed by atoms with van der Waals surface area (Å²) in [5.41, 5.74) is 10.4. The van der Waals surface area contributed by atoms with E-state index < -0.39 is 0 Å². The minimum absolute atomic E-state index is 0.283. The molecule has 0 saturated carbocycles. The molecule has 2 N–H and O–H groups in total. The Morgan fingerprint density at radius 1 is 1.20 bits per heavy atom. The Morgan fingerprint density at radius 3 is 2.60 bits per heavy atom. The second-order valence-electron chi connectivity index (χ2n) is 5.17. The van der Waals surface area contributed by atoms with Crippen molar-refractivity contribution in [2.75, 3.05) is 5.73 Å². The molecule has 4 rings (SSSR count). The zero-order chi connectivity index (χ0) is 13.7. The number of nitrogen functional groups attached to an aromatic ring is 1. The van der Waals surface area contributed by atoms with Gasteiger partial charge in [0.1, 0.15) is 5.52 Å². The quantitative estimate of drug-likeness (QED) is 0.747. The molecule has 3 aromatic rings. The van der Waals surface area contributed by atoms with Crippen LogP contribution in [-0.2, 0) is 12.8 Å². The number of nitrogens with two attached hydrogens (primary N) is 1. The van der Waals surface area contributed by atoms with Gasteiger partial charge in [0.05, 0.1) is 5.02 Å². The van der Waals surface area contributed by atoms with Crippen LogP contribution in [0, 0.1) is 0 Å². The fourth-order valence-corrected chi connectivity index (χ4v) is 3.21. The van der Waals surface area contributed by atoms with Crippen LogP contribution in [0.15, 0.2) is 36.5 Å². The van der Waals surface area contributed by atoms with Gasteiger partial charge in [0, 0.05) is 12.2 Å². The number of aromatic nitrogens is 3. The maximum atomic E-state index is 6.09. The van der Waals surface area contributed by atoms with Crippen LogP contribution in [0.2, 0.25) is 5.02 Å². The summed E-state index contributed by atoms with van der Waals surface area (Å²) in [6.45, 7) is 0. The maximum absolute atomic E-state index is 6.09. The first-order chi connectivity index (χ1) is 9.72. The van der Waals surface area contributed by atoms with Crippen LogP contribution in [0.25, 0.3) is 11.2 Å². The highest BCUT2D eigenvalue weighted by Gasteiger charge is 2.26. The van der Waals surface area contributed by atoms with Gasteiger partial charge >= 0.3 is 0 Å². The molecule has 20 heavy (non-hydrogen) atoms. The third kappa shape index (κ3) is 1.68. The smallest absolute Gasteiger partial charge is 0.202 e. The van der Waals surface area contributed by atoms with Crippen LogP contribution in [0.5, 0.6) is 0 Å². The van der Waals surface area contributed by atoms with E-state index in [0.717, 1.165) is 24.0 Å². The molecule has 0 amide bonds. The van der Waals surface area contributed by atoms with Gasteiger partial charge in [0.15, 0.2) is 5.65 Å². The Hall–Kier alpha value is -2.07. The predicted octanol–water partition coefficient (Wildman–Crippen LogP) is 3.01. The number of nitrogens with zero attached hydrogens (tertiary/aromatic N) is 3. The van der Waals surface area contributed by atoms with E-state index in [9.17, 15) is 0 Å². The van der Waals surface area contributed by atoms with E-state index in [2.05, 4.69) is 34.2 Å². The van der Waals surface area contributed by atoms with Crippen molar-refractivity contribution in [1.82, 2.24) is 14.5 Å². The largest absolute Gasteiger partial charge is 0.369 e. The molecule has 1 aromatic carbocycles. The summed E-state index contributed by atoms with van der Waals surface area (Å²) in [5.74, 6) is 0.507. The van der Waals surface area contributed by atoms with E-state index in [1.165, 1.54) is 11.1 Å². The van der Waals surface area contributed by atoms with Crippen molar-refractivity contribution in [3.8, 4) is 0 Å². The Labute approximate surface area is 121 Å². The van der Waals surface area contributed by atoms with Crippen molar-refractivity contribution in [2.45, 2.75) is 18.9 Å². The zero-order valence-electron chi connectivity index (χ0n) is 10.8. The van der Waals surface area contributed by atoms with Crippen LogP contribution in [-0.4, -0.2) is 14.5 Å². The van der Waals surface area contributed by atoms with E-state index in [0.29, 0.717) is 11.0 Å². The average molecular weight is 285 g/mol. The van der Waals surface area contributed by atoms with E-state index in [1.54, 1.807) is 12.3 Å². The van der Waals surface area contributed by atoms with Gasteiger partial charge < -0.3 is 5.73 Å². The molecule has 4 nitrogen and oxygen atoms in total. The lowest BCUT2D eigenvalue weighted by molar-refractivity contribution is 0.547. The van der Waals surface area contributed by atoms with Gasteiger partial charge in [0.25, 0.3) is 0 Å². The number of fused-ring (bicyclic) bond motifs is 2. The first kappa shape index (κ1) is 11.7. The number of imidazole rings is 1. The fraction of sp³-hybridized carbons (Fsp3) is 0.200. The van der Waals surface area contributed by atoms with Crippen molar-refractivity contribution in [1.29, 1.82) is 0 Å². The number of halogens is 1. The van der Waals surface area contributed by atoms with Crippen molar-refractivity contribution < 1.29 is 0 Å². The van der Waals surface area contributed by atoms with E-state index in [4.69, 9.17) is 17.3 Å². The molecule has 0 saturated heterocycles. The third-order valence-electron chi connectivity index (χ3n) is 3.92. The predicted molar refractivity (Wildman–Crippen MR) is 79.8 cm³/mol. The molecule has 2 aromatic heterocycles. The van der Waals surface area contributed by atoms with E-state index >= 15 is 0 Å². The number of rotatable bonds is 1. The molecule has 5 heteroatoms. The summed E-state index contributed by atoms with van der Waals surface area (Å²) in [4.78, 5) is 8.77. The molecule has 1 aliphatic carbocycles. The number of benzene rings is 1. The Bertz CT molecular complexity index is 784. The van der Waals surface area contributed by atoms with Crippen molar-refractivity contribution in [3.05, 3.63) is 52.7 Å². The van der Waals surface area contributed by atoms with Gasteiger partial charge in [-0.15, -0.1) is 0 Å². The molecule has 0 unspecified atom stereocenters. The summed E-state index contributed by atoms with van der Waals surface area (Å²) in [5, 5.41) is 0.580. The fourth-order valence-electron chi connectivity index (χ4n) is 3.05. The van der Waals surface area contributed by atoms with Crippen molar-refractivity contribution >= 4 is 28.7 Å². The van der Waals surface area contributed by atoms with Gasteiger partial charge in [-0.2, -0.15) is 0 Å². The van der Waals surface area contributed by atoms with Crippen molar-refractivity contribution in [3.63, 3.8) is 0 Å². The van der Waals surface area contributed by atoms with Crippen LogP contribution < -0.4 is 5.73 Å². The molecule has 100 valence electrons. The molecule has 0 atom stereocenters. The SMILES string of the molecule is Nc1nc2cc(Cl)cnc2n1C1Cc2ccccc2C1. The number of hydrogen-bond acceptors (Lipinski definition) is 3. The summed E-state index contributed by atoms with van der Waals surface area (Å²) >= 11 is 5.96. The summed E-state index contributed by atoms with van der Waals surface area (Å²) in [6, 6.07) is 10.6. The van der Waals surface area contributed by atoms with Gasteiger partial charge in [-0.1, -0.05) is 35.9 Å². The molecular formula is C15H13ClN4. The lowest BCUT2D eigenvalue weighted by Crippen LogP contribution is -2.12. The van der Waals surface area contributed by atoms with Gasteiger partial charge in [0.2, 0.25) is 5.95 Å². The lowest BCUT2D eigenvalue weighted by Gasteiger charge is -2.13. The molecule has 0 radical (unpaired) electrons. The second-order valence-corrected chi connectivity index (χ2v) is 5.60. The lowest BCUT2D eigenvalue weighted by atomic mass is 10.1. The monoisotopic (exact) mass is 284 g/mol. The molecule has 2 heterocycles. The Morgan fingerprint density at radius 2 is 1.90 bits per heavy atom. The molecule has 0 aliphatic heterocycles. The summed E-state index contributed by atoms with van der Waals surface area (Å²) in [7, 11) is 0. The van der Waals surface area contributed by atoms with E-state index in [1.807, 2.05) is 4.57 Å². The minimum Gasteiger partial charge on any atom is -0.369 e. The molecule has 1 aliphatic rings. The highest BCUT2D eigenvalue weighted by molar-refractivity contribution is 6.31. The minimum atomic E-state index is 0.283. The van der Waals surface area contributed by atoms with Crippen LogP contribution in [0.1, 0.15) is 17.2 Å². The highest BCUT2D eigenvalue weighted by Crippen LogP contribution is 2.34. The van der Waals surface area contributed by atoms with Gasteiger partial charge in [-0.3, -0.25) is 4.57 Å². The molecule has 0 fully saturated rings. The second kappa shape index (κ2) is 4.21.